The highest BCUT2D eigenvalue weighted by atomic mass is 32.2. The molecule has 0 aliphatic rings. The van der Waals surface area contributed by atoms with Gasteiger partial charge >= 0.3 is 0 Å². The zero-order valence-corrected chi connectivity index (χ0v) is 16.0. The summed E-state index contributed by atoms with van der Waals surface area (Å²) in [5, 5.41) is 0. The maximum atomic E-state index is 10.5. The van der Waals surface area contributed by atoms with Crippen LogP contribution in [0.25, 0.3) is 0 Å². The first-order chi connectivity index (χ1) is 11.1. The molecule has 0 unspecified atom stereocenters. The Kier molecular flexibility index (Phi) is 16.3. The van der Waals surface area contributed by atoms with Crippen molar-refractivity contribution in [2.45, 2.75) is 103 Å². The standard InChI is InChI=1S/C19H38O3S/c1-2-3-4-5-6-7-8-9-10-11-12-13-14-15-16-17-18-19-23(20,21)22/h15-16H,2-14,17-19H2,1H3,(H,20,21,22). The second-order valence-electron chi connectivity index (χ2n) is 6.58. The minimum atomic E-state index is -3.78. The van der Waals surface area contributed by atoms with Gasteiger partial charge < -0.3 is 0 Å². The maximum absolute atomic E-state index is 10.5. The Morgan fingerprint density at radius 3 is 1.48 bits per heavy atom. The van der Waals surface area contributed by atoms with Gasteiger partial charge in [0.25, 0.3) is 10.1 Å². The second kappa shape index (κ2) is 16.5. The molecule has 0 aliphatic carbocycles. The average molecular weight is 347 g/mol. The summed E-state index contributed by atoms with van der Waals surface area (Å²) in [6.07, 6.45) is 22.9. The van der Waals surface area contributed by atoms with Crippen LogP contribution in [0.1, 0.15) is 103 Å². The predicted octanol–water partition coefficient (Wildman–Crippen LogP) is 6.30. The Labute approximate surface area is 144 Å². The van der Waals surface area contributed by atoms with Crippen LogP contribution in [-0.4, -0.2) is 18.7 Å². The topological polar surface area (TPSA) is 54.4 Å². The van der Waals surface area contributed by atoms with Crippen LogP contribution >= 0.6 is 0 Å². The fourth-order valence-electron chi connectivity index (χ4n) is 2.72. The summed E-state index contributed by atoms with van der Waals surface area (Å²) >= 11 is 0. The summed E-state index contributed by atoms with van der Waals surface area (Å²) in [7, 11) is -3.78. The van der Waals surface area contributed by atoms with Crippen LogP contribution in [0.4, 0.5) is 0 Å². The Bertz CT molecular complexity index is 361. The predicted molar refractivity (Wildman–Crippen MR) is 100 cm³/mol. The van der Waals surface area contributed by atoms with Gasteiger partial charge in [-0.05, 0) is 25.7 Å². The van der Waals surface area contributed by atoms with Crippen molar-refractivity contribution in [1.82, 2.24) is 0 Å². The molecular formula is C19H38O3S. The monoisotopic (exact) mass is 346 g/mol. The van der Waals surface area contributed by atoms with Gasteiger partial charge in [0.2, 0.25) is 0 Å². The quantitative estimate of drug-likeness (QED) is 0.191. The van der Waals surface area contributed by atoms with E-state index in [0.717, 1.165) is 12.8 Å². The molecule has 0 aliphatic heterocycles. The largest absolute Gasteiger partial charge is 0.286 e. The molecule has 0 aromatic heterocycles. The summed E-state index contributed by atoms with van der Waals surface area (Å²) in [6.45, 7) is 2.26. The van der Waals surface area contributed by atoms with Gasteiger partial charge in [-0.3, -0.25) is 4.55 Å². The van der Waals surface area contributed by atoms with Gasteiger partial charge in [0, 0.05) is 0 Å². The van der Waals surface area contributed by atoms with E-state index >= 15 is 0 Å². The molecule has 0 atom stereocenters. The maximum Gasteiger partial charge on any atom is 0.264 e. The third-order valence-electron chi connectivity index (χ3n) is 4.16. The number of hydrogen-bond donors (Lipinski definition) is 1. The van der Waals surface area contributed by atoms with Crippen molar-refractivity contribution in [1.29, 1.82) is 0 Å². The van der Waals surface area contributed by atoms with Crippen molar-refractivity contribution < 1.29 is 13.0 Å². The van der Waals surface area contributed by atoms with E-state index in [1.807, 2.05) is 6.08 Å². The first kappa shape index (κ1) is 22.6. The lowest BCUT2D eigenvalue weighted by molar-refractivity contribution is 0.481. The van der Waals surface area contributed by atoms with Crippen molar-refractivity contribution in [3.8, 4) is 0 Å². The van der Waals surface area contributed by atoms with Crippen molar-refractivity contribution in [2.24, 2.45) is 0 Å². The van der Waals surface area contributed by atoms with Gasteiger partial charge in [0.15, 0.2) is 0 Å². The number of rotatable bonds is 17. The zero-order chi connectivity index (χ0) is 17.2. The Morgan fingerprint density at radius 2 is 1.04 bits per heavy atom. The van der Waals surface area contributed by atoms with Gasteiger partial charge in [-0.25, -0.2) is 0 Å². The molecule has 138 valence electrons. The Balaban J connectivity index is 3.13. The van der Waals surface area contributed by atoms with E-state index in [2.05, 4.69) is 13.0 Å². The molecule has 0 fully saturated rings. The molecule has 0 bridgehead atoms. The number of allylic oxidation sites excluding steroid dienone is 2. The lowest BCUT2D eigenvalue weighted by Gasteiger charge is -2.02. The van der Waals surface area contributed by atoms with Crippen molar-refractivity contribution in [3.05, 3.63) is 12.2 Å². The third kappa shape index (κ3) is 21.6. The fraction of sp³-hybridized carbons (Fsp3) is 0.895. The summed E-state index contributed by atoms with van der Waals surface area (Å²) in [5.41, 5.74) is 0. The number of hydrogen-bond acceptors (Lipinski definition) is 2. The molecule has 0 saturated carbocycles. The normalized spacial score (nSPS) is 12.3. The Hall–Kier alpha value is -0.350. The van der Waals surface area contributed by atoms with Crippen molar-refractivity contribution in [3.63, 3.8) is 0 Å². The summed E-state index contributed by atoms with van der Waals surface area (Å²) in [6, 6.07) is 0. The lowest BCUT2D eigenvalue weighted by Crippen LogP contribution is -2.02. The molecule has 3 nitrogen and oxygen atoms in total. The van der Waals surface area contributed by atoms with Gasteiger partial charge in [-0.1, -0.05) is 89.7 Å². The van der Waals surface area contributed by atoms with E-state index in [1.165, 1.54) is 77.0 Å². The van der Waals surface area contributed by atoms with E-state index < -0.39 is 10.1 Å². The van der Waals surface area contributed by atoms with E-state index in [9.17, 15) is 8.42 Å². The minimum Gasteiger partial charge on any atom is -0.286 e. The molecule has 0 amide bonds. The molecular weight excluding hydrogens is 308 g/mol. The van der Waals surface area contributed by atoms with E-state index in [0.29, 0.717) is 6.42 Å². The van der Waals surface area contributed by atoms with Crippen LogP contribution in [-0.2, 0) is 10.1 Å². The van der Waals surface area contributed by atoms with Crippen LogP contribution in [0.5, 0.6) is 0 Å². The lowest BCUT2D eigenvalue weighted by atomic mass is 10.0. The van der Waals surface area contributed by atoms with Crippen LogP contribution in [0.15, 0.2) is 12.2 Å². The van der Waals surface area contributed by atoms with E-state index in [-0.39, 0.29) is 5.75 Å². The molecule has 0 spiro atoms. The highest BCUT2D eigenvalue weighted by Gasteiger charge is 2.01. The summed E-state index contributed by atoms with van der Waals surface area (Å²) in [5.74, 6) is -0.129. The van der Waals surface area contributed by atoms with Crippen molar-refractivity contribution in [2.75, 3.05) is 5.75 Å². The second-order valence-corrected chi connectivity index (χ2v) is 8.15. The van der Waals surface area contributed by atoms with Gasteiger partial charge in [-0.15, -0.1) is 0 Å². The van der Waals surface area contributed by atoms with Crippen LogP contribution in [0.2, 0.25) is 0 Å². The molecule has 0 heterocycles. The average Bonchev–Trinajstić information content (AvgIpc) is 2.49. The Morgan fingerprint density at radius 1 is 0.652 bits per heavy atom. The first-order valence-electron chi connectivity index (χ1n) is 9.66. The molecule has 0 saturated heterocycles. The molecule has 23 heavy (non-hydrogen) atoms. The SMILES string of the molecule is CCCCCCCCCCCCCCC=CCCCS(=O)(=O)O. The summed E-state index contributed by atoms with van der Waals surface area (Å²) < 4.78 is 29.6. The summed E-state index contributed by atoms with van der Waals surface area (Å²) in [4.78, 5) is 0. The van der Waals surface area contributed by atoms with Crippen LogP contribution < -0.4 is 0 Å². The zero-order valence-electron chi connectivity index (χ0n) is 15.1. The smallest absolute Gasteiger partial charge is 0.264 e. The van der Waals surface area contributed by atoms with E-state index in [1.54, 1.807) is 0 Å². The minimum absolute atomic E-state index is 0.129. The molecule has 0 aromatic carbocycles. The molecule has 1 N–H and O–H groups in total. The van der Waals surface area contributed by atoms with Crippen molar-refractivity contribution >= 4 is 10.1 Å². The molecule has 4 heteroatoms. The van der Waals surface area contributed by atoms with Crippen LogP contribution in [0, 0.1) is 0 Å². The third-order valence-corrected chi connectivity index (χ3v) is 4.97. The first-order valence-corrected chi connectivity index (χ1v) is 11.3. The number of unbranched alkanes of at least 4 members (excludes halogenated alkanes) is 13. The van der Waals surface area contributed by atoms with Gasteiger partial charge in [0.05, 0.1) is 5.75 Å². The highest BCUT2D eigenvalue weighted by molar-refractivity contribution is 7.85. The fourth-order valence-corrected chi connectivity index (χ4v) is 3.25. The van der Waals surface area contributed by atoms with Gasteiger partial charge in [-0.2, -0.15) is 8.42 Å². The molecule has 0 rings (SSSR count). The van der Waals surface area contributed by atoms with Crippen LogP contribution in [0.3, 0.4) is 0 Å². The highest BCUT2D eigenvalue weighted by Crippen LogP contribution is 2.12. The van der Waals surface area contributed by atoms with E-state index in [4.69, 9.17) is 4.55 Å². The molecule has 0 radical (unpaired) electrons. The van der Waals surface area contributed by atoms with Gasteiger partial charge in [0.1, 0.15) is 0 Å². The molecule has 0 aromatic rings.